The molecule has 0 radical (unpaired) electrons. The minimum absolute atomic E-state index is 0.0193. The van der Waals surface area contributed by atoms with Crippen molar-refractivity contribution in [1.29, 1.82) is 0 Å². The highest BCUT2D eigenvalue weighted by Gasteiger charge is 2.40. The smallest absolute Gasteiger partial charge is 0.250 e. The second-order valence-electron chi connectivity index (χ2n) is 7.14. The van der Waals surface area contributed by atoms with Gasteiger partial charge in [0.25, 0.3) is 5.91 Å². The molecule has 1 fully saturated rings. The molecule has 1 aliphatic heterocycles. The second-order valence-corrected chi connectivity index (χ2v) is 7.14. The predicted octanol–water partition coefficient (Wildman–Crippen LogP) is 3.04. The summed E-state index contributed by atoms with van der Waals surface area (Å²) >= 11 is 0. The Bertz CT molecular complexity index is 746. The summed E-state index contributed by atoms with van der Waals surface area (Å²) in [6, 6.07) is 12.8. The van der Waals surface area contributed by atoms with Gasteiger partial charge in [0, 0.05) is 31.0 Å². The van der Waals surface area contributed by atoms with Crippen molar-refractivity contribution in [3.63, 3.8) is 0 Å². The van der Waals surface area contributed by atoms with E-state index in [2.05, 4.69) is 18.8 Å². The maximum Gasteiger partial charge on any atom is 0.250 e. The largest absolute Gasteiger partial charge is 0.331 e. The minimum Gasteiger partial charge on any atom is -0.331 e. The van der Waals surface area contributed by atoms with Gasteiger partial charge in [0.05, 0.1) is 6.54 Å². The molecule has 1 aromatic carbocycles. The van der Waals surface area contributed by atoms with Crippen molar-refractivity contribution in [3.8, 4) is 0 Å². The first kappa shape index (κ1) is 18.1. The number of hydrogen-bond donors (Lipinski definition) is 0. The molecule has 2 aromatic rings. The standard InChI is InChI=1S/C21H25N3O2/c1-16(2)10-12-23-15-19(25)24(14-17-7-4-3-5-8-17)20(21(23)26)18-9-6-11-22-13-18/h3-9,11,13,16,20H,10,12,14-15H2,1-2H3/t20-/m1/s1. The number of carbonyl (C=O) groups is 2. The third-order valence-corrected chi connectivity index (χ3v) is 4.68. The number of benzene rings is 1. The Morgan fingerprint density at radius 1 is 1.12 bits per heavy atom. The summed E-state index contributed by atoms with van der Waals surface area (Å²) in [5.41, 5.74) is 1.77. The van der Waals surface area contributed by atoms with E-state index in [9.17, 15) is 9.59 Å². The van der Waals surface area contributed by atoms with Crippen LogP contribution in [-0.2, 0) is 16.1 Å². The molecule has 3 rings (SSSR count). The van der Waals surface area contributed by atoms with Crippen molar-refractivity contribution >= 4 is 11.8 Å². The quantitative estimate of drug-likeness (QED) is 0.804. The van der Waals surface area contributed by atoms with Crippen LogP contribution in [0, 0.1) is 5.92 Å². The first-order valence-corrected chi connectivity index (χ1v) is 9.08. The fourth-order valence-corrected chi connectivity index (χ4v) is 3.21. The molecule has 0 spiro atoms. The monoisotopic (exact) mass is 351 g/mol. The zero-order valence-corrected chi connectivity index (χ0v) is 15.3. The van der Waals surface area contributed by atoms with Crippen LogP contribution >= 0.6 is 0 Å². The fraction of sp³-hybridized carbons (Fsp3) is 0.381. The van der Waals surface area contributed by atoms with Gasteiger partial charge in [-0.1, -0.05) is 50.2 Å². The van der Waals surface area contributed by atoms with Crippen LogP contribution in [0.5, 0.6) is 0 Å². The van der Waals surface area contributed by atoms with E-state index in [-0.39, 0.29) is 18.4 Å². The highest BCUT2D eigenvalue weighted by atomic mass is 16.2. The van der Waals surface area contributed by atoms with Crippen molar-refractivity contribution in [2.45, 2.75) is 32.9 Å². The molecule has 1 saturated heterocycles. The lowest BCUT2D eigenvalue weighted by Crippen LogP contribution is -2.55. The maximum atomic E-state index is 13.2. The normalized spacial score (nSPS) is 17.9. The summed E-state index contributed by atoms with van der Waals surface area (Å²) in [4.78, 5) is 33.6. The lowest BCUT2D eigenvalue weighted by molar-refractivity contribution is -0.157. The Morgan fingerprint density at radius 3 is 2.54 bits per heavy atom. The maximum absolute atomic E-state index is 13.2. The molecule has 2 heterocycles. The molecule has 5 nitrogen and oxygen atoms in total. The van der Waals surface area contributed by atoms with Gasteiger partial charge >= 0.3 is 0 Å². The van der Waals surface area contributed by atoms with Crippen LogP contribution in [0.3, 0.4) is 0 Å². The van der Waals surface area contributed by atoms with Crippen LogP contribution in [0.1, 0.15) is 37.4 Å². The Morgan fingerprint density at radius 2 is 1.88 bits per heavy atom. The molecule has 0 unspecified atom stereocenters. The minimum atomic E-state index is -0.614. The van der Waals surface area contributed by atoms with E-state index in [4.69, 9.17) is 0 Å². The summed E-state index contributed by atoms with van der Waals surface area (Å²) in [6.45, 7) is 5.42. The Balaban J connectivity index is 1.89. The molecule has 26 heavy (non-hydrogen) atoms. The van der Waals surface area contributed by atoms with E-state index < -0.39 is 6.04 Å². The van der Waals surface area contributed by atoms with E-state index in [1.54, 1.807) is 28.3 Å². The van der Waals surface area contributed by atoms with Crippen LogP contribution < -0.4 is 0 Å². The Kier molecular flexibility index (Phi) is 5.66. The number of aromatic nitrogens is 1. The molecule has 5 heteroatoms. The van der Waals surface area contributed by atoms with Crippen molar-refractivity contribution < 1.29 is 9.59 Å². The number of carbonyl (C=O) groups excluding carboxylic acids is 2. The van der Waals surface area contributed by atoms with Crippen molar-refractivity contribution in [2.75, 3.05) is 13.1 Å². The van der Waals surface area contributed by atoms with E-state index in [0.717, 1.165) is 17.5 Å². The van der Waals surface area contributed by atoms with Gasteiger partial charge in [-0.2, -0.15) is 0 Å². The van der Waals surface area contributed by atoms with Crippen LogP contribution in [0.25, 0.3) is 0 Å². The number of amides is 2. The number of rotatable bonds is 6. The van der Waals surface area contributed by atoms with Gasteiger partial charge in [-0.05, 0) is 24.0 Å². The topological polar surface area (TPSA) is 53.5 Å². The van der Waals surface area contributed by atoms with Crippen molar-refractivity contribution in [2.24, 2.45) is 5.92 Å². The summed E-state index contributed by atoms with van der Waals surface area (Å²) in [5.74, 6) is 0.442. The second kappa shape index (κ2) is 8.13. The molecule has 136 valence electrons. The molecule has 0 bridgehead atoms. The van der Waals surface area contributed by atoms with Crippen molar-refractivity contribution in [3.05, 3.63) is 66.0 Å². The molecule has 0 aliphatic carbocycles. The van der Waals surface area contributed by atoms with E-state index in [1.807, 2.05) is 36.4 Å². The zero-order valence-electron chi connectivity index (χ0n) is 15.3. The first-order valence-electron chi connectivity index (χ1n) is 9.08. The molecular weight excluding hydrogens is 326 g/mol. The van der Waals surface area contributed by atoms with Crippen LogP contribution in [0.15, 0.2) is 54.9 Å². The molecule has 1 atom stereocenters. The SMILES string of the molecule is CC(C)CCN1CC(=O)N(Cc2ccccc2)[C@H](c2cccnc2)C1=O. The Hall–Kier alpha value is -2.69. The number of nitrogens with zero attached hydrogens (tertiary/aromatic N) is 3. The summed E-state index contributed by atoms with van der Waals surface area (Å²) in [7, 11) is 0. The van der Waals surface area contributed by atoms with Crippen molar-refractivity contribution in [1.82, 2.24) is 14.8 Å². The molecule has 2 amide bonds. The van der Waals surface area contributed by atoms with Gasteiger partial charge in [0.15, 0.2) is 0 Å². The molecular formula is C21H25N3O2. The first-order chi connectivity index (χ1) is 12.6. The highest BCUT2D eigenvalue weighted by molar-refractivity contribution is 5.95. The zero-order chi connectivity index (χ0) is 18.5. The molecule has 0 saturated carbocycles. The highest BCUT2D eigenvalue weighted by Crippen LogP contribution is 2.29. The van der Waals surface area contributed by atoms with Crippen LogP contribution in [-0.4, -0.2) is 39.7 Å². The Labute approximate surface area is 154 Å². The summed E-state index contributed by atoms with van der Waals surface area (Å²) < 4.78 is 0. The van der Waals surface area contributed by atoms with E-state index in [0.29, 0.717) is 19.0 Å². The molecule has 0 N–H and O–H groups in total. The number of piperazine rings is 1. The lowest BCUT2D eigenvalue weighted by atomic mass is 10.0. The average Bonchev–Trinajstić information content (AvgIpc) is 2.65. The molecule has 1 aliphatic rings. The molecule has 1 aromatic heterocycles. The van der Waals surface area contributed by atoms with E-state index >= 15 is 0 Å². The van der Waals surface area contributed by atoms with Gasteiger partial charge in [-0.25, -0.2) is 0 Å². The van der Waals surface area contributed by atoms with Gasteiger partial charge in [-0.3, -0.25) is 14.6 Å². The third-order valence-electron chi connectivity index (χ3n) is 4.68. The summed E-state index contributed by atoms with van der Waals surface area (Å²) in [5, 5.41) is 0. The van der Waals surface area contributed by atoms with E-state index in [1.165, 1.54) is 0 Å². The predicted molar refractivity (Wildman–Crippen MR) is 100 cm³/mol. The van der Waals surface area contributed by atoms with Crippen LogP contribution in [0.2, 0.25) is 0 Å². The fourth-order valence-electron chi connectivity index (χ4n) is 3.21. The van der Waals surface area contributed by atoms with Crippen LogP contribution in [0.4, 0.5) is 0 Å². The van der Waals surface area contributed by atoms with Gasteiger partial charge in [-0.15, -0.1) is 0 Å². The summed E-state index contributed by atoms with van der Waals surface area (Å²) in [6.07, 6.45) is 4.24. The van der Waals surface area contributed by atoms with Gasteiger partial charge < -0.3 is 9.80 Å². The number of hydrogen-bond acceptors (Lipinski definition) is 3. The van der Waals surface area contributed by atoms with Gasteiger partial charge in [0.2, 0.25) is 5.91 Å². The lowest BCUT2D eigenvalue weighted by Gasteiger charge is -2.40. The average molecular weight is 351 g/mol. The number of pyridine rings is 1. The van der Waals surface area contributed by atoms with Gasteiger partial charge in [0.1, 0.15) is 6.04 Å². The third kappa shape index (κ3) is 4.10.